The number of carboxylic acid groups (broad SMARTS) is 1. The SMILES string of the molecule is C=C(C)C(=O)OCCCOC(=O)C1CCC(C2CCC(C(=O)O)CC2)CC1. The van der Waals surface area contributed by atoms with Gasteiger partial charge in [0.2, 0.25) is 0 Å². The van der Waals surface area contributed by atoms with E-state index in [0.717, 1.165) is 51.4 Å². The normalized spacial score (nSPS) is 28.2. The number of hydrogen-bond acceptors (Lipinski definition) is 5. The third kappa shape index (κ3) is 6.67. The third-order valence-corrected chi connectivity index (χ3v) is 6.01. The summed E-state index contributed by atoms with van der Waals surface area (Å²) in [5.41, 5.74) is 0.361. The van der Waals surface area contributed by atoms with Gasteiger partial charge in [0.25, 0.3) is 0 Å². The number of aliphatic carboxylic acids is 1. The van der Waals surface area contributed by atoms with Crippen molar-refractivity contribution in [3.05, 3.63) is 12.2 Å². The summed E-state index contributed by atoms with van der Waals surface area (Å²) in [5.74, 6) is -0.191. The molecule has 0 unspecified atom stereocenters. The van der Waals surface area contributed by atoms with E-state index in [-0.39, 0.29) is 31.0 Å². The topological polar surface area (TPSA) is 89.9 Å². The molecule has 0 aromatic rings. The van der Waals surface area contributed by atoms with E-state index in [4.69, 9.17) is 14.6 Å². The standard InChI is InChI=1S/C21H32O6/c1-14(2)20(24)26-12-3-13-27-21(25)18-10-6-16(7-11-18)15-4-8-17(9-5-15)19(22)23/h15-18H,1,3-13H2,2H3,(H,22,23). The molecule has 2 aliphatic rings. The van der Waals surface area contributed by atoms with Gasteiger partial charge < -0.3 is 14.6 Å². The van der Waals surface area contributed by atoms with E-state index < -0.39 is 11.9 Å². The first-order valence-electron chi connectivity index (χ1n) is 10.1. The largest absolute Gasteiger partial charge is 0.481 e. The van der Waals surface area contributed by atoms with Gasteiger partial charge in [-0.1, -0.05) is 6.58 Å². The molecule has 6 nitrogen and oxygen atoms in total. The summed E-state index contributed by atoms with van der Waals surface area (Å²) in [6.45, 7) is 5.59. The lowest BCUT2D eigenvalue weighted by molar-refractivity contribution is -0.151. The zero-order valence-electron chi connectivity index (χ0n) is 16.3. The van der Waals surface area contributed by atoms with Gasteiger partial charge in [-0.3, -0.25) is 9.59 Å². The predicted octanol–water partition coefficient (Wildman–Crippen LogP) is 3.74. The van der Waals surface area contributed by atoms with Crippen LogP contribution in [0.25, 0.3) is 0 Å². The van der Waals surface area contributed by atoms with E-state index in [1.165, 1.54) is 0 Å². The summed E-state index contributed by atoms with van der Waals surface area (Å²) in [6, 6.07) is 0. The second-order valence-electron chi connectivity index (χ2n) is 8.00. The molecule has 0 radical (unpaired) electrons. The molecule has 0 saturated heterocycles. The predicted molar refractivity (Wildman–Crippen MR) is 99.9 cm³/mol. The van der Waals surface area contributed by atoms with Crippen LogP contribution in [0.4, 0.5) is 0 Å². The van der Waals surface area contributed by atoms with Crippen molar-refractivity contribution in [2.75, 3.05) is 13.2 Å². The monoisotopic (exact) mass is 380 g/mol. The van der Waals surface area contributed by atoms with E-state index in [1.54, 1.807) is 6.92 Å². The van der Waals surface area contributed by atoms with Crippen LogP contribution in [0, 0.1) is 23.7 Å². The highest BCUT2D eigenvalue weighted by atomic mass is 16.5. The van der Waals surface area contributed by atoms with E-state index >= 15 is 0 Å². The average Bonchev–Trinajstić information content (AvgIpc) is 2.67. The van der Waals surface area contributed by atoms with Crippen LogP contribution < -0.4 is 0 Å². The maximum absolute atomic E-state index is 12.2. The molecule has 0 aromatic carbocycles. The quantitative estimate of drug-likeness (QED) is 0.392. The molecule has 2 aliphatic carbocycles. The van der Waals surface area contributed by atoms with Gasteiger partial charge in [-0.2, -0.15) is 0 Å². The Labute approximate surface area is 161 Å². The molecule has 0 amide bonds. The Morgan fingerprint density at radius 2 is 1.33 bits per heavy atom. The smallest absolute Gasteiger partial charge is 0.333 e. The van der Waals surface area contributed by atoms with Crippen molar-refractivity contribution in [3.8, 4) is 0 Å². The summed E-state index contributed by atoms with van der Waals surface area (Å²) >= 11 is 0. The summed E-state index contributed by atoms with van der Waals surface area (Å²) in [5, 5.41) is 9.11. The van der Waals surface area contributed by atoms with E-state index in [2.05, 4.69) is 6.58 Å². The van der Waals surface area contributed by atoms with Crippen LogP contribution in [0.3, 0.4) is 0 Å². The van der Waals surface area contributed by atoms with Crippen LogP contribution in [0.15, 0.2) is 12.2 Å². The van der Waals surface area contributed by atoms with Crippen LogP contribution in [-0.2, 0) is 23.9 Å². The van der Waals surface area contributed by atoms with Gasteiger partial charge in [0, 0.05) is 12.0 Å². The number of ether oxygens (including phenoxy) is 2. The van der Waals surface area contributed by atoms with E-state index in [0.29, 0.717) is 23.8 Å². The second kappa shape index (κ2) is 10.5. The fourth-order valence-corrected chi connectivity index (χ4v) is 4.30. The first-order valence-corrected chi connectivity index (χ1v) is 10.1. The van der Waals surface area contributed by atoms with Gasteiger partial charge >= 0.3 is 17.9 Å². The zero-order valence-corrected chi connectivity index (χ0v) is 16.3. The Balaban J connectivity index is 1.60. The molecule has 0 bridgehead atoms. The Bertz CT molecular complexity index is 539. The number of carbonyl (C=O) groups is 3. The van der Waals surface area contributed by atoms with Crippen LogP contribution in [0.1, 0.15) is 64.7 Å². The first-order chi connectivity index (χ1) is 12.9. The molecule has 6 heteroatoms. The van der Waals surface area contributed by atoms with Crippen molar-refractivity contribution in [2.45, 2.75) is 64.7 Å². The molecule has 152 valence electrons. The fraction of sp³-hybridized carbons (Fsp3) is 0.762. The molecule has 0 aromatic heterocycles. The molecule has 2 fully saturated rings. The minimum atomic E-state index is -0.658. The Kier molecular flexibility index (Phi) is 8.32. The number of esters is 2. The molecule has 0 aliphatic heterocycles. The van der Waals surface area contributed by atoms with Crippen molar-refractivity contribution in [1.29, 1.82) is 0 Å². The number of carbonyl (C=O) groups excluding carboxylic acids is 2. The van der Waals surface area contributed by atoms with Crippen LogP contribution in [-0.4, -0.2) is 36.2 Å². The molecule has 0 atom stereocenters. The van der Waals surface area contributed by atoms with Crippen molar-refractivity contribution in [3.63, 3.8) is 0 Å². The molecule has 27 heavy (non-hydrogen) atoms. The lowest BCUT2D eigenvalue weighted by atomic mass is 9.69. The first kappa shape index (κ1) is 21.5. The van der Waals surface area contributed by atoms with Gasteiger partial charge in [-0.15, -0.1) is 0 Å². The van der Waals surface area contributed by atoms with Crippen molar-refractivity contribution in [2.24, 2.45) is 23.7 Å². The van der Waals surface area contributed by atoms with Gasteiger partial charge in [0.05, 0.1) is 25.0 Å². The lowest BCUT2D eigenvalue weighted by Gasteiger charge is -2.36. The van der Waals surface area contributed by atoms with Crippen molar-refractivity contribution < 1.29 is 29.0 Å². The van der Waals surface area contributed by atoms with Gasteiger partial charge in [-0.25, -0.2) is 4.79 Å². The highest BCUT2D eigenvalue weighted by Gasteiger charge is 2.34. The highest BCUT2D eigenvalue weighted by molar-refractivity contribution is 5.86. The molecular formula is C21H32O6. The highest BCUT2D eigenvalue weighted by Crippen LogP contribution is 2.41. The molecular weight excluding hydrogens is 348 g/mol. The van der Waals surface area contributed by atoms with Gasteiger partial charge in [0.15, 0.2) is 0 Å². The summed E-state index contributed by atoms with van der Waals surface area (Å²) in [6.07, 6.45) is 7.83. The minimum Gasteiger partial charge on any atom is -0.481 e. The van der Waals surface area contributed by atoms with Crippen LogP contribution >= 0.6 is 0 Å². The minimum absolute atomic E-state index is 0.0328. The van der Waals surface area contributed by atoms with Crippen molar-refractivity contribution in [1.82, 2.24) is 0 Å². The van der Waals surface area contributed by atoms with Crippen molar-refractivity contribution >= 4 is 17.9 Å². The number of rotatable bonds is 8. The summed E-state index contributed by atoms with van der Waals surface area (Å²) < 4.78 is 10.3. The van der Waals surface area contributed by atoms with Crippen LogP contribution in [0.2, 0.25) is 0 Å². The Hall–Kier alpha value is -1.85. The Morgan fingerprint density at radius 3 is 1.81 bits per heavy atom. The molecule has 0 spiro atoms. The van der Waals surface area contributed by atoms with E-state index in [9.17, 15) is 14.4 Å². The maximum Gasteiger partial charge on any atom is 0.333 e. The molecule has 2 rings (SSSR count). The van der Waals surface area contributed by atoms with Gasteiger partial charge in [0.1, 0.15) is 0 Å². The fourth-order valence-electron chi connectivity index (χ4n) is 4.30. The molecule has 0 heterocycles. The molecule has 2 saturated carbocycles. The summed E-state index contributed by atoms with van der Waals surface area (Å²) in [7, 11) is 0. The third-order valence-electron chi connectivity index (χ3n) is 6.01. The Morgan fingerprint density at radius 1 is 0.852 bits per heavy atom. The maximum atomic E-state index is 12.2. The van der Waals surface area contributed by atoms with E-state index in [1.807, 2.05) is 0 Å². The molecule has 1 N–H and O–H groups in total. The number of carboxylic acids is 1. The van der Waals surface area contributed by atoms with Gasteiger partial charge in [-0.05, 0) is 70.1 Å². The number of hydrogen-bond donors (Lipinski definition) is 1. The summed E-state index contributed by atoms with van der Waals surface area (Å²) in [4.78, 5) is 34.5. The van der Waals surface area contributed by atoms with Crippen LogP contribution in [0.5, 0.6) is 0 Å². The lowest BCUT2D eigenvalue weighted by Crippen LogP contribution is -2.30. The second-order valence-corrected chi connectivity index (χ2v) is 8.00. The average molecular weight is 380 g/mol. The zero-order chi connectivity index (χ0) is 19.8.